The van der Waals surface area contributed by atoms with Crippen molar-refractivity contribution in [3.63, 3.8) is 0 Å². The van der Waals surface area contributed by atoms with E-state index >= 15 is 0 Å². The van der Waals surface area contributed by atoms with Crippen LogP contribution in [0.2, 0.25) is 15.3 Å². The van der Waals surface area contributed by atoms with Gasteiger partial charge in [-0.05, 0) is 12.1 Å². The van der Waals surface area contributed by atoms with Crippen molar-refractivity contribution in [3.05, 3.63) is 39.6 Å². The summed E-state index contributed by atoms with van der Waals surface area (Å²) in [5, 5.41) is 0.0221. The third-order valence-corrected chi connectivity index (χ3v) is 5.47. The van der Waals surface area contributed by atoms with Gasteiger partial charge in [0, 0.05) is 18.6 Å². The molecule has 3 rings (SSSR count). The first-order chi connectivity index (χ1) is 11.4. The molecule has 0 spiro atoms. The first-order valence-electron chi connectivity index (χ1n) is 6.81. The molecule has 1 N–H and O–H groups in total. The van der Waals surface area contributed by atoms with Gasteiger partial charge in [0.05, 0.1) is 23.9 Å². The normalized spacial score (nSPS) is 14.1. The third kappa shape index (κ3) is 3.64. The maximum Gasteiger partial charge on any atom is 0.265 e. The summed E-state index contributed by atoms with van der Waals surface area (Å²) in [4.78, 5) is 3.51. The highest BCUT2D eigenvalue weighted by atomic mass is 35.5. The van der Waals surface area contributed by atoms with Crippen LogP contribution in [0.3, 0.4) is 0 Å². The molecule has 24 heavy (non-hydrogen) atoms. The molecule has 0 amide bonds. The fourth-order valence-electron chi connectivity index (χ4n) is 2.06. The summed E-state index contributed by atoms with van der Waals surface area (Å²) in [5.41, 5.74) is 0.145. The molecule has 0 atom stereocenters. The maximum absolute atomic E-state index is 12.5. The summed E-state index contributed by atoms with van der Waals surface area (Å²) in [7, 11) is -4.00. The predicted molar refractivity (Wildman–Crippen MR) is 92.1 cm³/mol. The van der Waals surface area contributed by atoms with Gasteiger partial charge in [0.25, 0.3) is 10.0 Å². The van der Waals surface area contributed by atoms with E-state index in [0.717, 1.165) is 6.42 Å². The van der Waals surface area contributed by atoms with E-state index in [1.54, 1.807) is 0 Å². The molecule has 0 saturated carbocycles. The lowest BCUT2D eigenvalue weighted by molar-refractivity contribution is 0.297. The fraction of sp³-hybridized carbons (Fsp3) is 0.214. The van der Waals surface area contributed by atoms with Crippen LogP contribution in [-0.4, -0.2) is 26.6 Å². The molecule has 0 unspecified atom stereocenters. The Morgan fingerprint density at radius 2 is 1.71 bits per heavy atom. The molecule has 1 aliphatic heterocycles. The first kappa shape index (κ1) is 17.4. The minimum absolute atomic E-state index is 0.0903. The lowest BCUT2D eigenvalue weighted by Crippen LogP contribution is -2.14. The van der Waals surface area contributed by atoms with Crippen LogP contribution in [0.4, 0.5) is 5.69 Å². The summed E-state index contributed by atoms with van der Waals surface area (Å²) >= 11 is 17.7. The van der Waals surface area contributed by atoms with Crippen molar-refractivity contribution in [2.24, 2.45) is 0 Å². The Morgan fingerprint density at radius 1 is 1.04 bits per heavy atom. The molecule has 0 fully saturated rings. The molecule has 2 aromatic rings. The van der Waals surface area contributed by atoms with E-state index in [1.165, 1.54) is 24.3 Å². The number of ether oxygens (including phenoxy) is 2. The average Bonchev–Trinajstić information content (AvgIpc) is 2.72. The number of anilines is 1. The number of nitrogens with one attached hydrogen (secondary N) is 1. The Kier molecular flexibility index (Phi) is 4.96. The Labute approximate surface area is 153 Å². The number of aromatic nitrogens is 1. The van der Waals surface area contributed by atoms with Gasteiger partial charge in [-0.3, -0.25) is 4.72 Å². The van der Waals surface area contributed by atoms with Crippen molar-refractivity contribution in [1.29, 1.82) is 0 Å². The van der Waals surface area contributed by atoms with E-state index in [2.05, 4.69) is 9.71 Å². The Balaban J connectivity index is 1.96. The van der Waals surface area contributed by atoms with Crippen LogP contribution in [0.1, 0.15) is 6.42 Å². The Bertz CT molecular complexity index is 890. The molecule has 0 radical (unpaired) electrons. The molecule has 10 heteroatoms. The molecule has 1 aromatic carbocycles. The van der Waals surface area contributed by atoms with Gasteiger partial charge in [0.1, 0.15) is 10.0 Å². The summed E-state index contributed by atoms with van der Waals surface area (Å²) in [6.07, 6.45) is 0.722. The van der Waals surface area contributed by atoms with Crippen LogP contribution in [0.15, 0.2) is 29.2 Å². The summed E-state index contributed by atoms with van der Waals surface area (Å²) in [5.74, 6) is 0.876. The van der Waals surface area contributed by atoms with Gasteiger partial charge in [0.2, 0.25) is 0 Å². The lowest BCUT2D eigenvalue weighted by atomic mass is 10.3. The van der Waals surface area contributed by atoms with Crippen molar-refractivity contribution < 1.29 is 17.9 Å². The van der Waals surface area contributed by atoms with Gasteiger partial charge in [-0.2, -0.15) is 0 Å². The largest absolute Gasteiger partial charge is 0.490 e. The highest BCUT2D eigenvalue weighted by molar-refractivity contribution is 7.92. The number of nitrogens with zero attached hydrogens (tertiary/aromatic N) is 1. The zero-order chi connectivity index (χ0) is 17.3. The Morgan fingerprint density at radius 3 is 2.38 bits per heavy atom. The number of rotatable bonds is 3. The van der Waals surface area contributed by atoms with Crippen LogP contribution in [0.5, 0.6) is 11.5 Å². The second-order valence-corrected chi connectivity index (χ2v) is 7.66. The molecule has 6 nitrogen and oxygen atoms in total. The predicted octanol–water partition coefficient (Wildman–Crippen LogP) is 4.00. The lowest BCUT2D eigenvalue weighted by Gasteiger charge is -2.14. The van der Waals surface area contributed by atoms with E-state index in [0.29, 0.717) is 24.7 Å². The van der Waals surface area contributed by atoms with Crippen molar-refractivity contribution >= 4 is 50.5 Å². The van der Waals surface area contributed by atoms with Gasteiger partial charge in [-0.15, -0.1) is 0 Å². The molecule has 0 aliphatic carbocycles. The standard InChI is InChI=1S/C14H11Cl3N2O4S/c15-8-6-10-11(23-5-1-4-22-10)7-9(8)19-24(20,21)12-2-3-13(16)18-14(12)17/h2-3,6-7,19H,1,4-5H2. The van der Waals surface area contributed by atoms with Gasteiger partial charge < -0.3 is 9.47 Å². The van der Waals surface area contributed by atoms with Crippen molar-refractivity contribution in [1.82, 2.24) is 4.98 Å². The van der Waals surface area contributed by atoms with E-state index in [-0.39, 0.29) is 25.9 Å². The van der Waals surface area contributed by atoms with Crippen LogP contribution >= 0.6 is 34.8 Å². The van der Waals surface area contributed by atoms with Crippen LogP contribution in [0.25, 0.3) is 0 Å². The van der Waals surface area contributed by atoms with Gasteiger partial charge in [0.15, 0.2) is 16.7 Å². The quantitative estimate of drug-likeness (QED) is 0.775. The summed E-state index contributed by atoms with van der Waals surface area (Å²) in [6, 6.07) is 5.56. The maximum atomic E-state index is 12.5. The van der Waals surface area contributed by atoms with Crippen LogP contribution in [-0.2, 0) is 10.0 Å². The number of benzene rings is 1. The monoisotopic (exact) mass is 408 g/mol. The molecule has 1 aromatic heterocycles. The second kappa shape index (κ2) is 6.84. The van der Waals surface area contributed by atoms with Gasteiger partial charge in [-0.1, -0.05) is 34.8 Å². The molecule has 0 bridgehead atoms. The Hall–Kier alpha value is -1.41. The molecule has 128 valence electrons. The zero-order valence-electron chi connectivity index (χ0n) is 12.1. The fourth-order valence-corrected chi connectivity index (χ4v) is 4.05. The number of pyridine rings is 1. The molecule has 0 saturated heterocycles. The minimum atomic E-state index is -4.00. The smallest absolute Gasteiger partial charge is 0.265 e. The third-order valence-electron chi connectivity index (χ3n) is 3.15. The summed E-state index contributed by atoms with van der Waals surface area (Å²) in [6.45, 7) is 0.966. The number of hydrogen-bond acceptors (Lipinski definition) is 5. The van der Waals surface area contributed by atoms with E-state index in [9.17, 15) is 8.42 Å². The highest BCUT2D eigenvalue weighted by Gasteiger charge is 2.22. The van der Waals surface area contributed by atoms with E-state index in [1.807, 2.05) is 0 Å². The van der Waals surface area contributed by atoms with Crippen LogP contribution < -0.4 is 14.2 Å². The first-order valence-corrected chi connectivity index (χ1v) is 9.42. The van der Waals surface area contributed by atoms with Gasteiger partial charge >= 0.3 is 0 Å². The molecule has 2 heterocycles. The second-order valence-electron chi connectivity index (χ2n) is 4.86. The topological polar surface area (TPSA) is 77.5 Å². The summed E-state index contributed by atoms with van der Waals surface area (Å²) < 4.78 is 38.4. The number of sulfonamides is 1. The molecule has 1 aliphatic rings. The van der Waals surface area contributed by atoms with Crippen LogP contribution in [0, 0.1) is 0 Å². The number of hydrogen-bond donors (Lipinski definition) is 1. The number of fused-ring (bicyclic) bond motifs is 1. The van der Waals surface area contributed by atoms with Crippen molar-refractivity contribution in [2.45, 2.75) is 11.3 Å². The highest BCUT2D eigenvalue weighted by Crippen LogP contribution is 2.38. The van der Waals surface area contributed by atoms with E-state index in [4.69, 9.17) is 44.3 Å². The molecular formula is C14H11Cl3N2O4S. The number of halogens is 3. The minimum Gasteiger partial charge on any atom is -0.490 e. The SMILES string of the molecule is O=S(=O)(Nc1cc2c(cc1Cl)OCCCO2)c1ccc(Cl)nc1Cl. The van der Waals surface area contributed by atoms with E-state index < -0.39 is 10.0 Å². The van der Waals surface area contributed by atoms with Crippen molar-refractivity contribution in [2.75, 3.05) is 17.9 Å². The molecular weight excluding hydrogens is 399 g/mol. The van der Waals surface area contributed by atoms with Gasteiger partial charge in [-0.25, -0.2) is 13.4 Å². The van der Waals surface area contributed by atoms with Crippen molar-refractivity contribution in [3.8, 4) is 11.5 Å². The average molecular weight is 410 g/mol. The zero-order valence-corrected chi connectivity index (χ0v) is 15.1.